The summed E-state index contributed by atoms with van der Waals surface area (Å²) in [6.07, 6.45) is 9.29. The van der Waals surface area contributed by atoms with Crippen molar-refractivity contribution in [2.75, 3.05) is 7.11 Å². The van der Waals surface area contributed by atoms with Crippen LogP contribution in [0.15, 0.2) is 18.3 Å². The third-order valence-corrected chi connectivity index (χ3v) is 2.27. The summed E-state index contributed by atoms with van der Waals surface area (Å²) < 4.78 is 5.22. The SMILES string of the molecule is COC1=c2[nH]cc(C=O)c2=CCC=C1. The molecule has 0 saturated heterocycles. The molecule has 14 heavy (non-hydrogen) atoms. The molecule has 0 aromatic carbocycles. The number of carbonyl (C=O) groups excluding carboxylic acids is 1. The molecule has 0 bridgehead atoms. The van der Waals surface area contributed by atoms with Crippen LogP contribution in [0.2, 0.25) is 0 Å². The van der Waals surface area contributed by atoms with Gasteiger partial charge in [0.2, 0.25) is 0 Å². The third kappa shape index (κ3) is 1.27. The van der Waals surface area contributed by atoms with Crippen LogP contribution in [0.5, 0.6) is 0 Å². The van der Waals surface area contributed by atoms with Gasteiger partial charge >= 0.3 is 0 Å². The van der Waals surface area contributed by atoms with Crippen LogP contribution in [-0.4, -0.2) is 18.4 Å². The number of hydrogen-bond acceptors (Lipinski definition) is 2. The Morgan fingerprint density at radius 3 is 3.14 bits per heavy atom. The van der Waals surface area contributed by atoms with Crippen molar-refractivity contribution in [2.45, 2.75) is 6.42 Å². The van der Waals surface area contributed by atoms with Crippen LogP contribution in [0, 0.1) is 0 Å². The molecule has 3 nitrogen and oxygen atoms in total. The summed E-state index contributed by atoms with van der Waals surface area (Å²) in [7, 11) is 1.62. The fourth-order valence-electron chi connectivity index (χ4n) is 1.59. The number of aldehydes is 1. The summed E-state index contributed by atoms with van der Waals surface area (Å²) in [6, 6.07) is 0. The second kappa shape index (κ2) is 3.54. The Kier molecular flexibility index (Phi) is 2.23. The zero-order valence-electron chi connectivity index (χ0n) is 7.91. The van der Waals surface area contributed by atoms with Crippen molar-refractivity contribution < 1.29 is 9.53 Å². The van der Waals surface area contributed by atoms with Crippen LogP contribution < -0.4 is 10.6 Å². The summed E-state index contributed by atoms with van der Waals surface area (Å²) in [5.41, 5.74) is 0.679. The number of rotatable bonds is 2. The van der Waals surface area contributed by atoms with E-state index < -0.39 is 0 Å². The zero-order valence-corrected chi connectivity index (χ0v) is 7.91. The quantitative estimate of drug-likeness (QED) is 0.681. The Morgan fingerprint density at radius 2 is 2.43 bits per heavy atom. The zero-order chi connectivity index (χ0) is 9.97. The predicted molar refractivity (Wildman–Crippen MR) is 54.1 cm³/mol. The standard InChI is InChI=1S/C11H11NO2/c1-14-10-5-3-2-4-9-8(7-13)6-12-11(9)10/h3-7,12H,2H2,1H3. The normalized spacial score (nSPS) is 14.2. The molecule has 0 unspecified atom stereocenters. The second-order valence-electron chi connectivity index (χ2n) is 3.06. The lowest BCUT2D eigenvalue weighted by Gasteiger charge is -1.96. The molecule has 1 aliphatic carbocycles. The largest absolute Gasteiger partial charge is 0.495 e. The number of nitrogens with one attached hydrogen (secondary N) is 1. The molecule has 0 radical (unpaired) electrons. The molecule has 1 aromatic heterocycles. The summed E-state index contributed by atoms with van der Waals surface area (Å²) >= 11 is 0. The van der Waals surface area contributed by atoms with Crippen molar-refractivity contribution >= 4 is 18.1 Å². The molecule has 3 heteroatoms. The Hall–Kier alpha value is -1.77. The molecular formula is C11H11NO2. The summed E-state index contributed by atoms with van der Waals surface area (Å²) in [6.45, 7) is 0. The molecule has 0 amide bonds. The molecule has 0 spiro atoms. The van der Waals surface area contributed by atoms with Crippen LogP contribution >= 0.6 is 0 Å². The van der Waals surface area contributed by atoms with E-state index in [-0.39, 0.29) is 0 Å². The maximum Gasteiger partial charge on any atom is 0.152 e. The van der Waals surface area contributed by atoms with Gasteiger partial charge < -0.3 is 9.72 Å². The predicted octanol–water partition coefficient (Wildman–Crippen LogP) is 0.322. The van der Waals surface area contributed by atoms with Gasteiger partial charge in [-0.3, -0.25) is 4.79 Å². The molecule has 1 aromatic rings. The van der Waals surface area contributed by atoms with Crippen molar-refractivity contribution in [1.29, 1.82) is 0 Å². The number of ether oxygens (including phenoxy) is 1. The smallest absolute Gasteiger partial charge is 0.152 e. The molecule has 0 aliphatic heterocycles. The fourth-order valence-corrected chi connectivity index (χ4v) is 1.59. The molecule has 0 fully saturated rings. The van der Waals surface area contributed by atoms with Gasteiger partial charge in [0, 0.05) is 17.0 Å². The first-order valence-corrected chi connectivity index (χ1v) is 4.44. The number of allylic oxidation sites excluding steroid dienone is 1. The first-order chi connectivity index (χ1) is 6.86. The van der Waals surface area contributed by atoms with Crippen LogP contribution in [-0.2, 0) is 4.74 Å². The minimum absolute atomic E-state index is 0.679. The van der Waals surface area contributed by atoms with Gasteiger partial charge in [0.15, 0.2) is 6.29 Å². The molecule has 0 saturated carbocycles. The Labute approximate surface area is 81.4 Å². The Morgan fingerprint density at radius 1 is 1.57 bits per heavy atom. The van der Waals surface area contributed by atoms with Gasteiger partial charge in [0.1, 0.15) is 5.76 Å². The minimum Gasteiger partial charge on any atom is -0.495 e. The number of methoxy groups -OCH3 is 1. The van der Waals surface area contributed by atoms with Gasteiger partial charge in [0.05, 0.1) is 12.5 Å². The summed E-state index contributed by atoms with van der Waals surface area (Å²) in [5, 5.41) is 1.81. The Bertz CT molecular complexity index is 494. The number of hydrogen-bond donors (Lipinski definition) is 1. The monoisotopic (exact) mass is 189 g/mol. The van der Waals surface area contributed by atoms with E-state index in [2.05, 4.69) is 4.98 Å². The first-order valence-electron chi connectivity index (χ1n) is 4.44. The highest BCUT2D eigenvalue weighted by molar-refractivity contribution is 5.76. The number of fused-ring (bicyclic) bond motifs is 1. The van der Waals surface area contributed by atoms with Gasteiger partial charge in [-0.15, -0.1) is 0 Å². The van der Waals surface area contributed by atoms with Crippen LogP contribution in [0.3, 0.4) is 0 Å². The molecule has 1 heterocycles. The summed E-state index contributed by atoms with van der Waals surface area (Å²) in [5.74, 6) is 0.766. The van der Waals surface area contributed by atoms with Gasteiger partial charge in [-0.2, -0.15) is 0 Å². The van der Waals surface area contributed by atoms with Gasteiger partial charge in [-0.25, -0.2) is 0 Å². The van der Waals surface area contributed by atoms with Crippen molar-refractivity contribution in [3.05, 3.63) is 34.5 Å². The fraction of sp³-hybridized carbons (Fsp3) is 0.182. The highest BCUT2D eigenvalue weighted by Gasteiger charge is 2.03. The molecule has 0 atom stereocenters. The molecule has 1 N–H and O–H groups in total. The third-order valence-electron chi connectivity index (χ3n) is 2.27. The highest BCUT2D eigenvalue weighted by Crippen LogP contribution is 2.00. The van der Waals surface area contributed by atoms with E-state index in [9.17, 15) is 4.79 Å². The number of aromatic amines is 1. The highest BCUT2D eigenvalue weighted by atomic mass is 16.5. The van der Waals surface area contributed by atoms with Crippen LogP contribution in [0.1, 0.15) is 16.8 Å². The van der Waals surface area contributed by atoms with Crippen molar-refractivity contribution in [3.63, 3.8) is 0 Å². The number of aromatic nitrogens is 1. The van der Waals surface area contributed by atoms with E-state index in [1.807, 2.05) is 18.2 Å². The average Bonchev–Trinajstić information content (AvgIpc) is 2.51. The lowest BCUT2D eigenvalue weighted by Crippen LogP contribution is -2.27. The van der Waals surface area contributed by atoms with Gasteiger partial charge in [-0.1, -0.05) is 12.2 Å². The van der Waals surface area contributed by atoms with Crippen LogP contribution in [0.4, 0.5) is 0 Å². The van der Waals surface area contributed by atoms with E-state index in [1.165, 1.54) is 0 Å². The second-order valence-corrected chi connectivity index (χ2v) is 3.06. The molecule has 72 valence electrons. The average molecular weight is 189 g/mol. The molecule has 2 rings (SSSR count). The minimum atomic E-state index is 0.679. The first kappa shape index (κ1) is 8.81. The number of H-pyrrole nitrogens is 1. The lowest BCUT2D eigenvalue weighted by molar-refractivity contribution is 0.112. The lowest BCUT2D eigenvalue weighted by atomic mass is 10.2. The van der Waals surface area contributed by atoms with E-state index in [1.54, 1.807) is 13.3 Å². The Balaban J connectivity index is 2.82. The summed E-state index contributed by atoms with van der Waals surface area (Å²) in [4.78, 5) is 13.8. The van der Waals surface area contributed by atoms with Crippen molar-refractivity contribution in [3.8, 4) is 0 Å². The van der Waals surface area contributed by atoms with E-state index in [0.717, 1.165) is 29.0 Å². The van der Waals surface area contributed by atoms with Crippen molar-refractivity contribution in [2.24, 2.45) is 0 Å². The van der Waals surface area contributed by atoms with Gasteiger partial charge in [-0.05, 0) is 12.5 Å². The number of carbonyl (C=O) groups is 1. The molecule has 1 aliphatic rings. The maximum atomic E-state index is 10.7. The van der Waals surface area contributed by atoms with Crippen LogP contribution in [0.25, 0.3) is 11.8 Å². The van der Waals surface area contributed by atoms with Crippen molar-refractivity contribution in [1.82, 2.24) is 4.98 Å². The van der Waals surface area contributed by atoms with E-state index >= 15 is 0 Å². The van der Waals surface area contributed by atoms with E-state index in [4.69, 9.17) is 4.74 Å². The van der Waals surface area contributed by atoms with E-state index in [0.29, 0.717) is 5.56 Å². The topological polar surface area (TPSA) is 42.1 Å². The maximum absolute atomic E-state index is 10.7. The van der Waals surface area contributed by atoms with Gasteiger partial charge in [0.25, 0.3) is 0 Å². The molecular weight excluding hydrogens is 178 g/mol.